The summed E-state index contributed by atoms with van der Waals surface area (Å²) in [5, 5.41) is 11.3. The molecule has 32 heavy (non-hydrogen) atoms. The summed E-state index contributed by atoms with van der Waals surface area (Å²) in [6, 6.07) is 16.1. The molecule has 10 heteroatoms. The maximum Gasteiger partial charge on any atom is 0.413 e. The van der Waals surface area contributed by atoms with Crippen molar-refractivity contribution in [3.8, 4) is 11.1 Å². The number of carboxylic acids is 1. The van der Waals surface area contributed by atoms with Gasteiger partial charge in [-0.1, -0.05) is 59.9 Å². The molecule has 164 valence electrons. The van der Waals surface area contributed by atoms with E-state index in [0.29, 0.717) is 5.69 Å². The summed E-state index contributed by atoms with van der Waals surface area (Å²) in [6.45, 7) is 1.07. The first-order valence-electron chi connectivity index (χ1n) is 9.67. The number of aromatic nitrogens is 1. The standard InChI is InChI=1S/C22H19N3O6S/c1-12-19(20(28)25-31-11-18(26)27)32-21(23-12)24-22(29)30-10-17-15-8-4-2-6-13(15)14-7-3-5-9-16(14)17/h2-9,17H,10-11H2,1H3,(H,25,28)(H,26,27)(H,23,24,29). The molecule has 1 aliphatic carbocycles. The van der Waals surface area contributed by atoms with E-state index in [0.717, 1.165) is 33.6 Å². The van der Waals surface area contributed by atoms with Gasteiger partial charge in [-0.2, -0.15) is 0 Å². The highest BCUT2D eigenvalue weighted by molar-refractivity contribution is 7.17. The van der Waals surface area contributed by atoms with Crippen LogP contribution in [0.1, 0.15) is 32.4 Å². The number of carbonyl (C=O) groups is 3. The average molecular weight is 453 g/mol. The second kappa shape index (κ2) is 9.16. The van der Waals surface area contributed by atoms with Crippen LogP contribution in [-0.4, -0.2) is 41.3 Å². The number of fused-ring (bicyclic) bond motifs is 3. The van der Waals surface area contributed by atoms with Crippen LogP contribution in [0.3, 0.4) is 0 Å². The number of hydrogen-bond acceptors (Lipinski definition) is 7. The fourth-order valence-corrected chi connectivity index (χ4v) is 4.43. The van der Waals surface area contributed by atoms with E-state index in [1.807, 2.05) is 41.9 Å². The maximum absolute atomic E-state index is 12.4. The first-order chi connectivity index (χ1) is 15.4. The van der Waals surface area contributed by atoms with Crippen LogP contribution in [0.5, 0.6) is 0 Å². The third kappa shape index (κ3) is 4.46. The van der Waals surface area contributed by atoms with Crippen LogP contribution >= 0.6 is 11.3 Å². The SMILES string of the molecule is Cc1nc(NC(=O)OCC2c3ccccc3-c3ccccc32)sc1C(=O)NOCC(=O)O. The number of benzene rings is 2. The molecule has 3 aromatic rings. The first-order valence-corrected chi connectivity index (χ1v) is 10.5. The minimum absolute atomic E-state index is 0.0705. The fraction of sp³-hybridized carbons (Fsp3) is 0.182. The molecular weight excluding hydrogens is 434 g/mol. The van der Waals surface area contributed by atoms with Crippen molar-refractivity contribution in [2.45, 2.75) is 12.8 Å². The Morgan fingerprint density at radius 1 is 1.06 bits per heavy atom. The van der Waals surface area contributed by atoms with E-state index in [1.54, 1.807) is 6.92 Å². The van der Waals surface area contributed by atoms with Gasteiger partial charge in [0.25, 0.3) is 5.91 Å². The summed E-state index contributed by atoms with van der Waals surface area (Å²) in [4.78, 5) is 43.8. The van der Waals surface area contributed by atoms with Gasteiger partial charge in [-0.25, -0.2) is 20.1 Å². The van der Waals surface area contributed by atoms with Crippen molar-refractivity contribution < 1.29 is 29.1 Å². The Morgan fingerprint density at radius 3 is 2.31 bits per heavy atom. The molecule has 0 aliphatic heterocycles. The summed E-state index contributed by atoms with van der Waals surface area (Å²) in [5.74, 6) is -1.94. The van der Waals surface area contributed by atoms with Gasteiger partial charge in [-0.15, -0.1) is 0 Å². The number of anilines is 1. The Hall–Kier alpha value is -3.76. The van der Waals surface area contributed by atoms with Crippen molar-refractivity contribution >= 4 is 34.4 Å². The molecule has 0 saturated carbocycles. The van der Waals surface area contributed by atoms with Gasteiger partial charge >= 0.3 is 12.1 Å². The lowest BCUT2D eigenvalue weighted by atomic mass is 9.98. The molecule has 1 aliphatic rings. The van der Waals surface area contributed by atoms with Gasteiger partial charge in [0, 0.05) is 5.92 Å². The van der Waals surface area contributed by atoms with E-state index < -0.39 is 24.6 Å². The Morgan fingerprint density at radius 2 is 1.69 bits per heavy atom. The van der Waals surface area contributed by atoms with Crippen molar-refractivity contribution in [2.75, 3.05) is 18.5 Å². The quantitative estimate of drug-likeness (QED) is 0.467. The highest BCUT2D eigenvalue weighted by atomic mass is 32.1. The van der Waals surface area contributed by atoms with Gasteiger partial charge in [0.2, 0.25) is 0 Å². The smallest absolute Gasteiger partial charge is 0.413 e. The zero-order valence-corrected chi connectivity index (χ0v) is 17.8. The van der Waals surface area contributed by atoms with E-state index in [2.05, 4.69) is 27.3 Å². The molecule has 1 heterocycles. The van der Waals surface area contributed by atoms with Crippen LogP contribution in [0.2, 0.25) is 0 Å². The van der Waals surface area contributed by atoms with Gasteiger partial charge in [0.1, 0.15) is 11.5 Å². The molecule has 9 nitrogen and oxygen atoms in total. The van der Waals surface area contributed by atoms with Crippen LogP contribution in [0, 0.1) is 6.92 Å². The Bertz CT molecular complexity index is 1150. The number of carbonyl (C=O) groups excluding carboxylic acids is 2. The average Bonchev–Trinajstić information content (AvgIpc) is 3.29. The molecule has 2 amide bonds. The van der Waals surface area contributed by atoms with Crippen LogP contribution in [0.15, 0.2) is 48.5 Å². The lowest BCUT2D eigenvalue weighted by Gasteiger charge is -2.14. The number of nitrogens with zero attached hydrogens (tertiary/aromatic N) is 1. The topological polar surface area (TPSA) is 127 Å². The monoisotopic (exact) mass is 453 g/mol. The van der Waals surface area contributed by atoms with E-state index >= 15 is 0 Å². The summed E-state index contributed by atoms with van der Waals surface area (Å²) >= 11 is 0.927. The number of amides is 2. The van der Waals surface area contributed by atoms with E-state index in [9.17, 15) is 14.4 Å². The molecule has 0 saturated heterocycles. The zero-order valence-electron chi connectivity index (χ0n) is 17.0. The fourth-order valence-electron chi connectivity index (χ4n) is 3.59. The first kappa shape index (κ1) is 21.5. The van der Waals surface area contributed by atoms with Gasteiger partial charge < -0.3 is 9.84 Å². The Balaban J connectivity index is 1.38. The third-order valence-corrected chi connectivity index (χ3v) is 5.99. The highest BCUT2D eigenvalue weighted by Crippen LogP contribution is 2.44. The van der Waals surface area contributed by atoms with Gasteiger partial charge in [0.05, 0.1) is 5.69 Å². The molecule has 0 atom stereocenters. The van der Waals surface area contributed by atoms with Crippen LogP contribution in [0.25, 0.3) is 11.1 Å². The summed E-state index contributed by atoms with van der Waals surface area (Å²) in [5.41, 5.74) is 6.86. The molecule has 0 radical (unpaired) electrons. The molecule has 0 unspecified atom stereocenters. The predicted octanol–water partition coefficient (Wildman–Crippen LogP) is 3.56. The largest absolute Gasteiger partial charge is 0.479 e. The van der Waals surface area contributed by atoms with Crippen LogP contribution in [0.4, 0.5) is 9.93 Å². The number of nitrogens with one attached hydrogen (secondary N) is 2. The van der Waals surface area contributed by atoms with E-state index in [1.165, 1.54) is 0 Å². The Kier molecular flexibility index (Phi) is 6.15. The van der Waals surface area contributed by atoms with Crippen molar-refractivity contribution in [1.29, 1.82) is 0 Å². The van der Waals surface area contributed by atoms with Crippen molar-refractivity contribution in [3.05, 3.63) is 70.2 Å². The van der Waals surface area contributed by atoms with Crippen molar-refractivity contribution in [1.82, 2.24) is 10.5 Å². The van der Waals surface area contributed by atoms with Crippen LogP contribution in [-0.2, 0) is 14.4 Å². The summed E-state index contributed by atoms with van der Waals surface area (Å²) in [7, 11) is 0. The number of hydroxylamine groups is 1. The van der Waals surface area contributed by atoms with E-state index in [4.69, 9.17) is 9.84 Å². The zero-order chi connectivity index (χ0) is 22.7. The summed E-state index contributed by atoms with van der Waals surface area (Å²) < 4.78 is 5.47. The lowest BCUT2D eigenvalue weighted by molar-refractivity contribution is -0.144. The summed E-state index contributed by atoms with van der Waals surface area (Å²) in [6.07, 6.45) is -0.685. The molecule has 0 spiro atoms. The van der Waals surface area contributed by atoms with Gasteiger partial charge in [-0.3, -0.25) is 14.9 Å². The molecule has 4 rings (SSSR count). The van der Waals surface area contributed by atoms with Gasteiger partial charge in [-0.05, 0) is 29.2 Å². The van der Waals surface area contributed by atoms with Crippen LogP contribution < -0.4 is 10.8 Å². The second-order valence-corrected chi connectivity index (χ2v) is 8.00. The maximum atomic E-state index is 12.4. The number of rotatable bonds is 7. The molecule has 1 aromatic heterocycles. The number of carboxylic acid groups (broad SMARTS) is 1. The predicted molar refractivity (Wildman–Crippen MR) is 117 cm³/mol. The normalized spacial score (nSPS) is 12.0. The lowest BCUT2D eigenvalue weighted by Crippen LogP contribution is -2.26. The minimum Gasteiger partial charge on any atom is -0.479 e. The second-order valence-electron chi connectivity index (χ2n) is 7.00. The Labute approximate surface area is 187 Å². The number of hydrogen-bond donors (Lipinski definition) is 3. The van der Waals surface area contributed by atoms with E-state index in [-0.39, 0.29) is 22.5 Å². The molecule has 0 fully saturated rings. The third-order valence-electron chi connectivity index (χ3n) is 4.92. The number of aliphatic carboxylic acids is 1. The molecule has 0 bridgehead atoms. The van der Waals surface area contributed by atoms with Crippen molar-refractivity contribution in [2.24, 2.45) is 0 Å². The number of aryl methyl sites for hydroxylation is 1. The molecular formula is C22H19N3O6S. The molecule has 3 N–H and O–H groups in total. The minimum atomic E-state index is -1.22. The van der Waals surface area contributed by atoms with Gasteiger partial charge in [0.15, 0.2) is 11.7 Å². The number of ether oxygens (including phenoxy) is 1. The number of thiazole rings is 1. The highest BCUT2D eigenvalue weighted by Gasteiger charge is 2.29. The van der Waals surface area contributed by atoms with Crippen molar-refractivity contribution in [3.63, 3.8) is 0 Å². The molecule has 2 aromatic carbocycles.